The zero-order chi connectivity index (χ0) is 14.6. The van der Waals surface area contributed by atoms with Gasteiger partial charge in [-0.05, 0) is 31.2 Å². The fourth-order valence-electron chi connectivity index (χ4n) is 2.28. The van der Waals surface area contributed by atoms with Gasteiger partial charge in [0, 0.05) is 16.7 Å². The Morgan fingerprint density at radius 1 is 1.15 bits per heavy atom. The Bertz CT molecular complexity index is 357. The molecule has 1 atom stereocenters. The minimum absolute atomic E-state index is 0.144. The largest absolute Gasteiger partial charge is 0.313 e. The van der Waals surface area contributed by atoms with Crippen LogP contribution in [0.2, 0.25) is 0 Å². The summed E-state index contributed by atoms with van der Waals surface area (Å²) in [6.07, 6.45) is 7.85. The van der Waals surface area contributed by atoms with Crippen LogP contribution >= 0.6 is 11.8 Å². The zero-order valence-electron chi connectivity index (χ0n) is 12.8. The van der Waals surface area contributed by atoms with Crippen LogP contribution in [0.25, 0.3) is 0 Å². The van der Waals surface area contributed by atoms with E-state index in [-0.39, 0.29) is 5.82 Å². The van der Waals surface area contributed by atoms with Gasteiger partial charge in [0.1, 0.15) is 5.82 Å². The second-order valence-electron chi connectivity index (χ2n) is 5.23. The van der Waals surface area contributed by atoms with Crippen LogP contribution in [0.1, 0.15) is 52.4 Å². The van der Waals surface area contributed by atoms with E-state index >= 15 is 0 Å². The van der Waals surface area contributed by atoms with Gasteiger partial charge in [-0.3, -0.25) is 0 Å². The summed E-state index contributed by atoms with van der Waals surface area (Å²) in [6.45, 7) is 5.40. The molecule has 0 saturated heterocycles. The Kier molecular flexibility index (Phi) is 9.77. The Morgan fingerprint density at radius 2 is 1.95 bits per heavy atom. The molecule has 1 N–H and O–H groups in total. The quantitative estimate of drug-likeness (QED) is 0.442. The molecule has 0 heterocycles. The lowest BCUT2D eigenvalue weighted by molar-refractivity contribution is 0.496. The van der Waals surface area contributed by atoms with E-state index in [9.17, 15) is 4.39 Å². The number of halogens is 1. The molecule has 0 saturated carbocycles. The van der Waals surface area contributed by atoms with Crippen LogP contribution in [0, 0.1) is 5.82 Å². The summed E-state index contributed by atoms with van der Waals surface area (Å²) in [7, 11) is 0. The fourth-order valence-corrected chi connectivity index (χ4v) is 3.33. The van der Waals surface area contributed by atoms with E-state index in [1.54, 1.807) is 23.9 Å². The smallest absolute Gasteiger partial charge is 0.124 e. The number of rotatable bonds is 11. The first-order chi connectivity index (χ1) is 9.76. The van der Waals surface area contributed by atoms with E-state index in [4.69, 9.17) is 0 Å². The Balaban J connectivity index is 2.27. The molecule has 0 fully saturated rings. The van der Waals surface area contributed by atoms with Gasteiger partial charge in [0.15, 0.2) is 0 Å². The monoisotopic (exact) mass is 297 g/mol. The lowest BCUT2D eigenvalue weighted by atomic mass is 10.1. The van der Waals surface area contributed by atoms with Gasteiger partial charge in [0.25, 0.3) is 0 Å². The normalized spacial score (nSPS) is 12.6. The van der Waals surface area contributed by atoms with Crippen molar-refractivity contribution < 1.29 is 4.39 Å². The highest BCUT2D eigenvalue weighted by Gasteiger charge is 2.08. The molecule has 0 aliphatic rings. The average Bonchev–Trinajstić information content (AvgIpc) is 2.44. The van der Waals surface area contributed by atoms with Crippen LogP contribution in [0.3, 0.4) is 0 Å². The van der Waals surface area contributed by atoms with Crippen molar-refractivity contribution in [1.82, 2.24) is 5.32 Å². The Hall–Kier alpha value is -0.540. The average molecular weight is 297 g/mol. The molecular weight excluding hydrogens is 269 g/mol. The van der Waals surface area contributed by atoms with E-state index in [2.05, 4.69) is 19.2 Å². The number of thioether (sulfide) groups is 1. The van der Waals surface area contributed by atoms with Crippen molar-refractivity contribution in [2.24, 2.45) is 0 Å². The summed E-state index contributed by atoms with van der Waals surface area (Å²) in [5.41, 5.74) is 0. The maximum absolute atomic E-state index is 13.1. The van der Waals surface area contributed by atoms with E-state index in [0.29, 0.717) is 6.04 Å². The summed E-state index contributed by atoms with van der Waals surface area (Å²) in [6, 6.07) is 7.42. The topological polar surface area (TPSA) is 12.0 Å². The molecule has 1 aromatic rings. The van der Waals surface area contributed by atoms with Crippen molar-refractivity contribution >= 4 is 11.8 Å². The van der Waals surface area contributed by atoms with Crippen LogP contribution in [-0.2, 0) is 0 Å². The van der Waals surface area contributed by atoms with Gasteiger partial charge < -0.3 is 5.32 Å². The third-order valence-corrected chi connectivity index (χ3v) is 4.55. The van der Waals surface area contributed by atoms with E-state index in [1.165, 1.54) is 44.6 Å². The second-order valence-corrected chi connectivity index (χ2v) is 6.32. The second kappa shape index (κ2) is 11.2. The van der Waals surface area contributed by atoms with Gasteiger partial charge in [0.2, 0.25) is 0 Å². The molecule has 0 aliphatic heterocycles. The number of benzene rings is 1. The van der Waals surface area contributed by atoms with Crippen LogP contribution in [-0.4, -0.2) is 18.3 Å². The molecule has 114 valence electrons. The summed E-state index contributed by atoms with van der Waals surface area (Å²) >= 11 is 1.75. The summed E-state index contributed by atoms with van der Waals surface area (Å²) in [5, 5.41) is 3.54. The van der Waals surface area contributed by atoms with Crippen molar-refractivity contribution in [3.63, 3.8) is 0 Å². The van der Waals surface area contributed by atoms with Crippen LogP contribution < -0.4 is 5.32 Å². The predicted octanol–water partition coefficient (Wildman–Crippen LogP) is 5.26. The molecule has 0 amide bonds. The molecule has 0 bridgehead atoms. The molecule has 0 spiro atoms. The van der Waals surface area contributed by atoms with E-state index in [1.807, 2.05) is 6.07 Å². The Labute approximate surface area is 127 Å². The molecule has 1 rings (SSSR count). The molecular formula is C17H28FNS. The SMILES string of the molecule is CCCCCCCC(CSc1cccc(F)c1)NCC. The maximum atomic E-state index is 13.1. The first kappa shape index (κ1) is 17.5. The fraction of sp³-hybridized carbons (Fsp3) is 0.647. The highest BCUT2D eigenvalue weighted by Crippen LogP contribution is 2.21. The lowest BCUT2D eigenvalue weighted by Crippen LogP contribution is -2.31. The van der Waals surface area contributed by atoms with Crippen molar-refractivity contribution in [3.05, 3.63) is 30.1 Å². The van der Waals surface area contributed by atoms with Gasteiger partial charge in [0.05, 0.1) is 0 Å². The standard InChI is InChI=1S/C17H28FNS/c1-3-5-6-7-8-11-16(19-4-2)14-20-17-12-9-10-15(18)13-17/h9-10,12-13,16,19H,3-8,11,14H2,1-2H3. The van der Waals surface area contributed by atoms with Crippen molar-refractivity contribution in [1.29, 1.82) is 0 Å². The van der Waals surface area contributed by atoms with Crippen LogP contribution in [0.15, 0.2) is 29.2 Å². The molecule has 0 aliphatic carbocycles. The predicted molar refractivity (Wildman–Crippen MR) is 88.0 cm³/mol. The van der Waals surface area contributed by atoms with Crippen molar-refractivity contribution in [2.45, 2.75) is 63.3 Å². The summed E-state index contributed by atoms with van der Waals surface area (Å²) < 4.78 is 13.1. The number of hydrogen-bond donors (Lipinski definition) is 1. The molecule has 0 radical (unpaired) electrons. The van der Waals surface area contributed by atoms with E-state index < -0.39 is 0 Å². The molecule has 0 aromatic heterocycles. The minimum Gasteiger partial charge on any atom is -0.313 e. The molecule has 1 nitrogen and oxygen atoms in total. The van der Waals surface area contributed by atoms with Crippen LogP contribution in [0.5, 0.6) is 0 Å². The summed E-state index contributed by atoms with van der Waals surface area (Å²) in [4.78, 5) is 1.03. The van der Waals surface area contributed by atoms with Gasteiger partial charge in [-0.15, -0.1) is 11.8 Å². The molecule has 3 heteroatoms. The molecule has 1 unspecified atom stereocenters. The third-order valence-electron chi connectivity index (χ3n) is 3.40. The van der Waals surface area contributed by atoms with E-state index in [0.717, 1.165) is 17.2 Å². The lowest BCUT2D eigenvalue weighted by Gasteiger charge is -2.17. The van der Waals surface area contributed by atoms with Crippen LogP contribution in [0.4, 0.5) is 4.39 Å². The van der Waals surface area contributed by atoms with Gasteiger partial charge in [-0.2, -0.15) is 0 Å². The summed E-state index contributed by atoms with van der Waals surface area (Å²) in [5.74, 6) is 0.875. The Morgan fingerprint density at radius 3 is 2.65 bits per heavy atom. The third kappa shape index (κ3) is 7.91. The minimum atomic E-state index is -0.144. The maximum Gasteiger partial charge on any atom is 0.124 e. The number of nitrogens with one attached hydrogen (secondary N) is 1. The first-order valence-electron chi connectivity index (χ1n) is 7.88. The van der Waals surface area contributed by atoms with Gasteiger partial charge in [-0.25, -0.2) is 4.39 Å². The number of hydrogen-bond acceptors (Lipinski definition) is 2. The van der Waals surface area contributed by atoms with Gasteiger partial charge >= 0.3 is 0 Å². The van der Waals surface area contributed by atoms with Crippen molar-refractivity contribution in [2.75, 3.05) is 12.3 Å². The molecule has 1 aromatic carbocycles. The zero-order valence-corrected chi connectivity index (χ0v) is 13.6. The first-order valence-corrected chi connectivity index (χ1v) is 8.86. The van der Waals surface area contributed by atoms with Gasteiger partial charge in [-0.1, -0.05) is 52.0 Å². The van der Waals surface area contributed by atoms with Crippen molar-refractivity contribution in [3.8, 4) is 0 Å². The highest BCUT2D eigenvalue weighted by atomic mass is 32.2. The number of unbranched alkanes of at least 4 members (excludes halogenated alkanes) is 4. The highest BCUT2D eigenvalue weighted by molar-refractivity contribution is 7.99. The molecule has 20 heavy (non-hydrogen) atoms.